The van der Waals surface area contributed by atoms with Gasteiger partial charge in [-0.15, -0.1) is 0 Å². The zero-order valence-corrected chi connectivity index (χ0v) is 9.70. The summed E-state index contributed by atoms with van der Waals surface area (Å²) < 4.78 is 10.9. The van der Waals surface area contributed by atoms with Crippen molar-refractivity contribution >= 4 is 17.5 Å². The van der Waals surface area contributed by atoms with Gasteiger partial charge >= 0.3 is 0 Å². The summed E-state index contributed by atoms with van der Waals surface area (Å²) in [7, 11) is 0. The number of ether oxygens (including phenoxy) is 2. The highest BCUT2D eigenvalue weighted by molar-refractivity contribution is 6.26. The molecule has 5 nitrogen and oxygen atoms in total. The largest absolute Gasteiger partial charge is 0.350 e. The average molecular weight is 244 g/mol. The van der Waals surface area contributed by atoms with E-state index in [1.54, 1.807) is 6.20 Å². The SMILES string of the molecule is O=C1C2=Cc3ncccc3N(CC3OCCO3)C12. The van der Waals surface area contributed by atoms with Gasteiger partial charge in [0.05, 0.1) is 31.1 Å². The maximum atomic E-state index is 11.8. The second-order valence-corrected chi connectivity index (χ2v) is 4.60. The minimum absolute atomic E-state index is 0.116. The number of pyridine rings is 1. The smallest absolute Gasteiger partial charge is 0.188 e. The number of rotatable bonds is 2. The first-order chi connectivity index (χ1) is 8.84. The van der Waals surface area contributed by atoms with E-state index in [9.17, 15) is 4.79 Å². The predicted molar refractivity (Wildman–Crippen MR) is 64.0 cm³/mol. The van der Waals surface area contributed by atoms with Crippen molar-refractivity contribution in [3.63, 3.8) is 0 Å². The van der Waals surface area contributed by atoms with E-state index in [0.29, 0.717) is 19.8 Å². The van der Waals surface area contributed by atoms with Crippen LogP contribution in [-0.4, -0.2) is 42.9 Å². The monoisotopic (exact) mass is 244 g/mol. The third-order valence-corrected chi connectivity index (χ3v) is 3.51. The molecular formula is C13H12N2O3. The first kappa shape index (κ1) is 10.2. The van der Waals surface area contributed by atoms with Gasteiger partial charge < -0.3 is 14.4 Å². The van der Waals surface area contributed by atoms with Crippen molar-refractivity contribution in [1.82, 2.24) is 4.98 Å². The van der Waals surface area contributed by atoms with Crippen LogP contribution in [0.5, 0.6) is 0 Å². The summed E-state index contributed by atoms with van der Waals surface area (Å²) >= 11 is 0. The lowest BCUT2D eigenvalue weighted by Crippen LogP contribution is -2.37. The Kier molecular flexibility index (Phi) is 2.06. The van der Waals surface area contributed by atoms with Gasteiger partial charge in [-0.1, -0.05) is 0 Å². The fourth-order valence-electron chi connectivity index (χ4n) is 2.59. The number of carbonyl (C=O) groups excluding carboxylic acids is 1. The zero-order chi connectivity index (χ0) is 12.1. The number of ketones is 1. The van der Waals surface area contributed by atoms with Crippen molar-refractivity contribution in [2.75, 3.05) is 24.7 Å². The van der Waals surface area contributed by atoms with E-state index in [0.717, 1.165) is 17.0 Å². The molecule has 5 heteroatoms. The Balaban J connectivity index is 1.68. The van der Waals surface area contributed by atoms with Crippen LogP contribution in [0.2, 0.25) is 0 Å². The molecule has 2 aliphatic heterocycles. The molecule has 0 spiro atoms. The fourth-order valence-corrected chi connectivity index (χ4v) is 2.59. The Morgan fingerprint density at radius 3 is 3.06 bits per heavy atom. The maximum Gasteiger partial charge on any atom is 0.188 e. The number of hydrogen-bond acceptors (Lipinski definition) is 5. The van der Waals surface area contributed by atoms with Gasteiger partial charge in [-0.05, 0) is 18.2 Å². The fraction of sp³-hybridized carbons (Fsp3) is 0.385. The van der Waals surface area contributed by atoms with Crippen LogP contribution < -0.4 is 4.90 Å². The van der Waals surface area contributed by atoms with Gasteiger partial charge in [0.2, 0.25) is 0 Å². The molecule has 3 aliphatic rings. The zero-order valence-electron chi connectivity index (χ0n) is 9.70. The number of carbonyl (C=O) groups is 1. The lowest BCUT2D eigenvalue weighted by molar-refractivity contribution is -0.109. The van der Waals surface area contributed by atoms with Crippen LogP contribution >= 0.6 is 0 Å². The molecule has 1 aromatic rings. The number of nitrogens with zero attached hydrogens (tertiary/aromatic N) is 2. The number of Topliss-reactive ketones (excluding diaryl/α,β-unsaturated/α-hetero) is 1. The van der Waals surface area contributed by atoms with E-state index >= 15 is 0 Å². The van der Waals surface area contributed by atoms with Gasteiger partial charge in [0, 0.05) is 11.8 Å². The second-order valence-electron chi connectivity index (χ2n) is 4.60. The van der Waals surface area contributed by atoms with E-state index in [1.165, 1.54) is 0 Å². The van der Waals surface area contributed by atoms with Crippen molar-refractivity contribution in [2.45, 2.75) is 12.3 Å². The Labute approximate surface area is 104 Å². The highest BCUT2D eigenvalue weighted by Crippen LogP contribution is 2.41. The van der Waals surface area contributed by atoms with E-state index in [-0.39, 0.29) is 18.1 Å². The van der Waals surface area contributed by atoms with Crippen molar-refractivity contribution in [3.8, 4) is 0 Å². The third-order valence-electron chi connectivity index (χ3n) is 3.51. The summed E-state index contributed by atoms with van der Waals surface area (Å²) in [5.74, 6) is 0.186. The molecule has 0 N–H and O–H groups in total. The molecule has 3 heterocycles. The van der Waals surface area contributed by atoms with Gasteiger partial charge in [0.1, 0.15) is 6.04 Å². The van der Waals surface area contributed by atoms with Crippen LogP contribution in [0, 0.1) is 0 Å². The van der Waals surface area contributed by atoms with Crippen molar-refractivity contribution < 1.29 is 14.3 Å². The number of anilines is 1. The summed E-state index contributed by atoms with van der Waals surface area (Å²) in [6, 6.07) is 3.75. The van der Waals surface area contributed by atoms with E-state index < -0.39 is 0 Å². The Hall–Kier alpha value is -1.72. The first-order valence-electron chi connectivity index (χ1n) is 6.05. The molecule has 2 fully saturated rings. The summed E-state index contributed by atoms with van der Waals surface area (Å²) in [5, 5.41) is 0. The molecule has 1 aliphatic carbocycles. The van der Waals surface area contributed by atoms with E-state index in [2.05, 4.69) is 4.98 Å². The number of aromatic nitrogens is 1. The van der Waals surface area contributed by atoms with Crippen molar-refractivity contribution in [1.29, 1.82) is 0 Å². The molecule has 0 radical (unpaired) electrons. The van der Waals surface area contributed by atoms with Gasteiger partial charge in [-0.25, -0.2) is 0 Å². The molecule has 1 atom stereocenters. The van der Waals surface area contributed by atoms with Crippen LogP contribution in [0.25, 0.3) is 6.08 Å². The molecule has 1 aromatic heterocycles. The standard InChI is InChI=1S/C13H12N2O3/c16-13-8-6-9-10(2-1-3-14-9)15(12(8)13)7-11-17-4-5-18-11/h1-3,6,11-12H,4-5,7H2. The maximum absolute atomic E-state index is 11.8. The van der Waals surface area contributed by atoms with Gasteiger partial charge in [0.15, 0.2) is 12.1 Å². The summed E-state index contributed by atoms with van der Waals surface area (Å²) in [6.07, 6.45) is 3.38. The Bertz CT molecular complexity index is 549. The molecule has 1 saturated heterocycles. The van der Waals surface area contributed by atoms with Gasteiger partial charge in [-0.2, -0.15) is 0 Å². The summed E-state index contributed by atoms with van der Waals surface area (Å²) in [6.45, 7) is 1.83. The minimum atomic E-state index is -0.245. The molecule has 92 valence electrons. The first-order valence-corrected chi connectivity index (χ1v) is 6.05. The Morgan fingerprint density at radius 2 is 2.22 bits per heavy atom. The molecule has 1 unspecified atom stereocenters. The molecule has 4 rings (SSSR count). The Morgan fingerprint density at radius 1 is 1.39 bits per heavy atom. The van der Waals surface area contributed by atoms with Gasteiger partial charge in [0.25, 0.3) is 0 Å². The van der Waals surface area contributed by atoms with Crippen LogP contribution in [0.4, 0.5) is 5.69 Å². The normalized spacial score (nSPS) is 25.8. The van der Waals surface area contributed by atoms with Crippen LogP contribution in [0.15, 0.2) is 23.9 Å². The number of fused-ring (bicyclic) bond motifs is 2. The molecule has 0 aromatic carbocycles. The average Bonchev–Trinajstić information content (AvgIpc) is 2.83. The molecular weight excluding hydrogens is 232 g/mol. The quantitative estimate of drug-likeness (QED) is 0.763. The highest BCUT2D eigenvalue weighted by atomic mass is 16.7. The van der Waals surface area contributed by atoms with Crippen molar-refractivity contribution in [2.24, 2.45) is 0 Å². The lowest BCUT2D eigenvalue weighted by Gasteiger charge is -2.28. The second kappa shape index (κ2) is 3.63. The van der Waals surface area contributed by atoms with E-state index in [4.69, 9.17) is 9.47 Å². The molecule has 1 saturated carbocycles. The highest BCUT2D eigenvalue weighted by Gasteiger charge is 2.51. The van der Waals surface area contributed by atoms with Crippen LogP contribution in [0.1, 0.15) is 5.69 Å². The summed E-state index contributed by atoms with van der Waals surface area (Å²) in [4.78, 5) is 18.1. The van der Waals surface area contributed by atoms with E-state index in [1.807, 2.05) is 23.1 Å². The molecule has 0 amide bonds. The predicted octanol–water partition coefficient (Wildman–Crippen LogP) is 0.609. The lowest BCUT2D eigenvalue weighted by atomic mass is 10.2. The molecule has 18 heavy (non-hydrogen) atoms. The minimum Gasteiger partial charge on any atom is -0.350 e. The third kappa shape index (κ3) is 1.41. The number of hydrogen-bond donors (Lipinski definition) is 0. The van der Waals surface area contributed by atoms with Crippen LogP contribution in [0.3, 0.4) is 0 Å². The topological polar surface area (TPSA) is 51.7 Å². The summed E-state index contributed by atoms with van der Waals surface area (Å²) in [5.41, 5.74) is 2.68. The van der Waals surface area contributed by atoms with Crippen LogP contribution in [-0.2, 0) is 14.3 Å². The van der Waals surface area contributed by atoms with Gasteiger partial charge in [-0.3, -0.25) is 9.78 Å². The molecule has 0 bridgehead atoms. The van der Waals surface area contributed by atoms with Crippen molar-refractivity contribution in [3.05, 3.63) is 29.6 Å².